The molecule has 0 aliphatic carbocycles. The molecule has 4 nitrogen and oxygen atoms in total. The highest BCUT2D eigenvalue weighted by Gasteiger charge is 2.14. The molecule has 1 heterocycles. The molecule has 0 unspecified atom stereocenters. The van der Waals surface area contributed by atoms with E-state index in [0.29, 0.717) is 0 Å². The molecular weight excluding hydrogens is 284 g/mol. The zero-order valence-corrected chi connectivity index (χ0v) is 14.7. The van der Waals surface area contributed by atoms with E-state index in [-0.39, 0.29) is 0 Å². The quantitative estimate of drug-likeness (QED) is 0.462. The first-order valence-corrected chi connectivity index (χ1v) is 8.98. The lowest BCUT2D eigenvalue weighted by Gasteiger charge is -2.30. The number of aliphatic imine (C=N–C) groups is 1. The van der Waals surface area contributed by atoms with Gasteiger partial charge in [0.05, 0.1) is 0 Å². The van der Waals surface area contributed by atoms with Gasteiger partial charge in [-0.25, -0.2) is 0 Å². The number of guanidine groups is 1. The van der Waals surface area contributed by atoms with Gasteiger partial charge in [-0.05, 0) is 56.8 Å². The second-order valence-electron chi connectivity index (χ2n) is 6.57. The maximum Gasteiger partial charge on any atom is 0.191 e. The fourth-order valence-corrected chi connectivity index (χ4v) is 2.96. The van der Waals surface area contributed by atoms with Crippen LogP contribution in [0.15, 0.2) is 35.3 Å². The molecule has 2 rings (SSSR count). The van der Waals surface area contributed by atoms with Crippen molar-refractivity contribution in [2.24, 2.45) is 10.9 Å². The van der Waals surface area contributed by atoms with Crippen LogP contribution in [-0.4, -0.2) is 44.1 Å². The molecule has 1 aliphatic rings. The lowest BCUT2D eigenvalue weighted by atomic mass is 9.99. The molecule has 0 radical (unpaired) electrons. The molecule has 1 fully saturated rings. The molecule has 0 amide bonds. The number of nitrogens with one attached hydrogen (secondary N) is 2. The van der Waals surface area contributed by atoms with Crippen molar-refractivity contribution < 1.29 is 0 Å². The molecule has 0 spiro atoms. The van der Waals surface area contributed by atoms with Gasteiger partial charge in [0, 0.05) is 20.1 Å². The predicted molar refractivity (Wildman–Crippen MR) is 98.7 cm³/mol. The van der Waals surface area contributed by atoms with Crippen LogP contribution in [0.25, 0.3) is 0 Å². The summed E-state index contributed by atoms with van der Waals surface area (Å²) in [5, 5.41) is 6.76. The minimum absolute atomic E-state index is 0.812. The van der Waals surface area contributed by atoms with Gasteiger partial charge >= 0.3 is 0 Å². The van der Waals surface area contributed by atoms with Gasteiger partial charge in [-0.1, -0.05) is 37.3 Å². The average molecular weight is 316 g/mol. The number of benzene rings is 1. The van der Waals surface area contributed by atoms with Crippen LogP contribution in [-0.2, 0) is 6.54 Å². The van der Waals surface area contributed by atoms with Crippen LogP contribution < -0.4 is 10.6 Å². The molecule has 1 saturated heterocycles. The van der Waals surface area contributed by atoms with Crippen molar-refractivity contribution in [2.45, 2.75) is 39.2 Å². The SMILES string of the molecule is CN=C(NCCCCN1CCC(C)CC1)NCc1ccccc1. The minimum Gasteiger partial charge on any atom is -0.356 e. The van der Waals surface area contributed by atoms with Crippen LogP contribution in [0.4, 0.5) is 0 Å². The second-order valence-corrected chi connectivity index (χ2v) is 6.57. The summed E-state index contributed by atoms with van der Waals surface area (Å²) in [4.78, 5) is 6.90. The molecule has 2 N–H and O–H groups in total. The largest absolute Gasteiger partial charge is 0.356 e. The van der Waals surface area contributed by atoms with E-state index >= 15 is 0 Å². The molecule has 0 saturated carbocycles. The molecule has 1 aliphatic heterocycles. The second kappa shape index (κ2) is 10.3. The Balaban J connectivity index is 1.54. The van der Waals surface area contributed by atoms with Crippen LogP contribution in [0.2, 0.25) is 0 Å². The Kier molecular flexibility index (Phi) is 7.95. The van der Waals surface area contributed by atoms with Gasteiger partial charge in [-0.2, -0.15) is 0 Å². The zero-order valence-electron chi connectivity index (χ0n) is 14.7. The normalized spacial score (nSPS) is 17.2. The van der Waals surface area contributed by atoms with Gasteiger partial charge < -0.3 is 15.5 Å². The zero-order chi connectivity index (χ0) is 16.3. The van der Waals surface area contributed by atoms with Crippen LogP contribution in [0, 0.1) is 5.92 Å². The fraction of sp³-hybridized carbons (Fsp3) is 0.632. The van der Waals surface area contributed by atoms with Crippen LogP contribution >= 0.6 is 0 Å². The number of rotatable bonds is 7. The molecule has 128 valence electrons. The molecule has 23 heavy (non-hydrogen) atoms. The molecule has 0 aromatic heterocycles. The third-order valence-electron chi connectivity index (χ3n) is 4.60. The molecule has 1 aromatic rings. The van der Waals surface area contributed by atoms with E-state index in [0.717, 1.165) is 25.0 Å². The third-order valence-corrected chi connectivity index (χ3v) is 4.60. The Morgan fingerprint density at radius 2 is 1.87 bits per heavy atom. The van der Waals surface area contributed by atoms with Gasteiger partial charge in [-0.3, -0.25) is 4.99 Å². The molecule has 4 heteroatoms. The van der Waals surface area contributed by atoms with E-state index in [1.54, 1.807) is 0 Å². The number of likely N-dealkylation sites (tertiary alicyclic amines) is 1. The first kappa shape index (κ1) is 17.8. The maximum atomic E-state index is 4.28. The lowest BCUT2D eigenvalue weighted by molar-refractivity contribution is 0.189. The fourth-order valence-electron chi connectivity index (χ4n) is 2.96. The average Bonchev–Trinajstić information content (AvgIpc) is 2.60. The van der Waals surface area contributed by atoms with Gasteiger partial charge in [0.25, 0.3) is 0 Å². The lowest BCUT2D eigenvalue weighted by Crippen LogP contribution is -2.38. The van der Waals surface area contributed by atoms with Crippen molar-refractivity contribution >= 4 is 5.96 Å². The highest BCUT2D eigenvalue weighted by atomic mass is 15.2. The van der Waals surface area contributed by atoms with Crippen LogP contribution in [0.1, 0.15) is 38.2 Å². The van der Waals surface area contributed by atoms with Crippen molar-refractivity contribution in [3.8, 4) is 0 Å². The first-order chi connectivity index (χ1) is 11.3. The molecule has 1 aromatic carbocycles. The third kappa shape index (κ3) is 7.04. The number of nitrogens with zero attached hydrogens (tertiary/aromatic N) is 2. The van der Waals surface area contributed by atoms with E-state index in [9.17, 15) is 0 Å². The minimum atomic E-state index is 0.812. The van der Waals surface area contributed by atoms with Crippen molar-refractivity contribution in [3.05, 3.63) is 35.9 Å². The Bertz CT molecular complexity index is 450. The summed E-state index contributed by atoms with van der Waals surface area (Å²) in [6.45, 7) is 7.98. The van der Waals surface area contributed by atoms with E-state index in [1.165, 1.54) is 50.9 Å². The van der Waals surface area contributed by atoms with Gasteiger partial charge in [0.2, 0.25) is 0 Å². The molecule has 0 atom stereocenters. The summed E-state index contributed by atoms with van der Waals surface area (Å²) < 4.78 is 0. The molecular formula is C19H32N4. The summed E-state index contributed by atoms with van der Waals surface area (Å²) in [6, 6.07) is 10.4. The Morgan fingerprint density at radius 3 is 2.57 bits per heavy atom. The van der Waals surface area contributed by atoms with E-state index in [4.69, 9.17) is 0 Å². The van der Waals surface area contributed by atoms with Crippen LogP contribution in [0.3, 0.4) is 0 Å². The van der Waals surface area contributed by atoms with Gasteiger partial charge in [0.15, 0.2) is 5.96 Å². The first-order valence-electron chi connectivity index (χ1n) is 8.98. The molecule has 0 bridgehead atoms. The Morgan fingerprint density at radius 1 is 1.13 bits per heavy atom. The van der Waals surface area contributed by atoms with Crippen LogP contribution in [0.5, 0.6) is 0 Å². The highest BCUT2D eigenvalue weighted by Crippen LogP contribution is 2.15. The van der Waals surface area contributed by atoms with Crippen molar-refractivity contribution in [1.29, 1.82) is 0 Å². The summed E-state index contributed by atoms with van der Waals surface area (Å²) >= 11 is 0. The Labute approximate surface area is 141 Å². The van der Waals surface area contributed by atoms with Crippen molar-refractivity contribution in [2.75, 3.05) is 33.2 Å². The summed E-state index contributed by atoms with van der Waals surface area (Å²) in [5.74, 6) is 1.81. The van der Waals surface area contributed by atoms with Crippen molar-refractivity contribution in [1.82, 2.24) is 15.5 Å². The highest BCUT2D eigenvalue weighted by molar-refractivity contribution is 5.79. The summed E-state index contributed by atoms with van der Waals surface area (Å²) in [5.41, 5.74) is 1.27. The number of hydrogen-bond acceptors (Lipinski definition) is 2. The summed E-state index contributed by atoms with van der Waals surface area (Å²) in [6.07, 6.45) is 5.19. The predicted octanol–water partition coefficient (Wildman–Crippen LogP) is 2.86. The number of unbranched alkanes of at least 4 members (excludes halogenated alkanes) is 1. The van der Waals surface area contributed by atoms with E-state index in [1.807, 2.05) is 13.1 Å². The smallest absolute Gasteiger partial charge is 0.191 e. The van der Waals surface area contributed by atoms with Crippen molar-refractivity contribution in [3.63, 3.8) is 0 Å². The Hall–Kier alpha value is -1.55. The van der Waals surface area contributed by atoms with E-state index in [2.05, 4.69) is 51.7 Å². The number of hydrogen-bond donors (Lipinski definition) is 2. The maximum absolute atomic E-state index is 4.28. The topological polar surface area (TPSA) is 39.7 Å². The van der Waals surface area contributed by atoms with Gasteiger partial charge in [0.1, 0.15) is 0 Å². The monoisotopic (exact) mass is 316 g/mol. The number of piperidine rings is 1. The van der Waals surface area contributed by atoms with Gasteiger partial charge in [-0.15, -0.1) is 0 Å². The standard InChI is InChI=1S/C19H32N4/c1-17-10-14-23(15-11-17)13-7-6-12-21-19(20-2)22-16-18-8-4-3-5-9-18/h3-5,8-9,17H,6-7,10-16H2,1-2H3,(H2,20,21,22). The summed E-state index contributed by atoms with van der Waals surface area (Å²) in [7, 11) is 1.83. The van der Waals surface area contributed by atoms with E-state index < -0.39 is 0 Å².